The summed E-state index contributed by atoms with van der Waals surface area (Å²) in [4.78, 5) is 15.2. The average Bonchev–Trinajstić information content (AvgIpc) is 2.42. The van der Waals surface area contributed by atoms with Gasteiger partial charge in [-0.1, -0.05) is 26.0 Å². The van der Waals surface area contributed by atoms with E-state index >= 15 is 0 Å². The van der Waals surface area contributed by atoms with E-state index in [1.807, 2.05) is 25.1 Å². The van der Waals surface area contributed by atoms with Crippen molar-refractivity contribution < 1.29 is 14.6 Å². The Hall–Kier alpha value is -2.56. The summed E-state index contributed by atoms with van der Waals surface area (Å²) in [5.41, 5.74) is 7.83. The summed E-state index contributed by atoms with van der Waals surface area (Å²) in [6.45, 7) is 6.06. The summed E-state index contributed by atoms with van der Waals surface area (Å²) in [6, 6.07) is 7.22. The van der Waals surface area contributed by atoms with E-state index in [0.717, 1.165) is 11.1 Å². The molecule has 0 aliphatic rings. The Labute approximate surface area is 123 Å². The predicted molar refractivity (Wildman–Crippen MR) is 81.0 cm³/mol. The number of nitrogens with zero attached hydrogens (tertiary/aromatic N) is 1. The van der Waals surface area contributed by atoms with E-state index in [0.29, 0.717) is 11.7 Å². The third-order valence-corrected chi connectivity index (χ3v) is 3.19. The average molecular weight is 286 g/mol. The Morgan fingerprint density at radius 1 is 1.33 bits per heavy atom. The van der Waals surface area contributed by atoms with E-state index in [9.17, 15) is 9.90 Å². The van der Waals surface area contributed by atoms with E-state index < -0.39 is 5.97 Å². The number of aryl methyl sites for hydroxylation is 1. The number of rotatable bonds is 4. The molecule has 0 aliphatic carbocycles. The maximum Gasteiger partial charge on any atom is 0.341 e. The summed E-state index contributed by atoms with van der Waals surface area (Å²) < 4.78 is 5.70. The third-order valence-electron chi connectivity index (χ3n) is 3.19. The van der Waals surface area contributed by atoms with Gasteiger partial charge in [-0.15, -0.1) is 0 Å². The molecule has 0 saturated heterocycles. The highest BCUT2D eigenvalue weighted by Crippen LogP contribution is 2.30. The van der Waals surface area contributed by atoms with Crippen molar-refractivity contribution in [3.8, 4) is 11.6 Å². The largest absolute Gasteiger partial charge is 0.477 e. The molecule has 5 heteroatoms. The first-order valence-corrected chi connectivity index (χ1v) is 6.65. The molecule has 21 heavy (non-hydrogen) atoms. The first-order valence-electron chi connectivity index (χ1n) is 6.65. The summed E-state index contributed by atoms with van der Waals surface area (Å²) in [5.74, 6) is -0.129. The molecule has 3 N–H and O–H groups in total. The van der Waals surface area contributed by atoms with Crippen LogP contribution >= 0.6 is 0 Å². The molecule has 0 unspecified atom stereocenters. The molecule has 2 rings (SSSR count). The summed E-state index contributed by atoms with van der Waals surface area (Å²) in [5, 5.41) is 9.20. The van der Waals surface area contributed by atoms with Crippen LogP contribution in [0.25, 0.3) is 0 Å². The maximum absolute atomic E-state index is 11.2. The Morgan fingerprint density at radius 2 is 2.05 bits per heavy atom. The number of nitrogens with two attached hydrogens (primary N) is 1. The smallest absolute Gasteiger partial charge is 0.341 e. The predicted octanol–water partition coefficient (Wildman–Crippen LogP) is 3.59. The van der Waals surface area contributed by atoms with Crippen molar-refractivity contribution in [2.75, 3.05) is 5.73 Å². The van der Waals surface area contributed by atoms with Crippen LogP contribution in [0.15, 0.2) is 30.5 Å². The highest BCUT2D eigenvalue weighted by atomic mass is 16.5. The number of benzene rings is 1. The van der Waals surface area contributed by atoms with E-state index in [1.54, 1.807) is 0 Å². The van der Waals surface area contributed by atoms with E-state index in [-0.39, 0.29) is 17.1 Å². The van der Waals surface area contributed by atoms with E-state index in [1.165, 1.54) is 12.3 Å². The second kappa shape index (κ2) is 5.83. The fourth-order valence-electron chi connectivity index (χ4n) is 1.89. The molecule has 5 nitrogen and oxygen atoms in total. The van der Waals surface area contributed by atoms with Crippen molar-refractivity contribution in [1.29, 1.82) is 0 Å². The topological polar surface area (TPSA) is 85.4 Å². The number of aromatic nitrogens is 1. The van der Waals surface area contributed by atoms with Crippen LogP contribution < -0.4 is 10.5 Å². The van der Waals surface area contributed by atoms with Crippen molar-refractivity contribution in [2.24, 2.45) is 0 Å². The van der Waals surface area contributed by atoms with Crippen LogP contribution in [0.2, 0.25) is 0 Å². The van der Waals surface area contributed by atoms with Crippen LogP contribution in [-0.4, -0.2) is 16.1 Å². The van der Waals surface area contributed by atoms with Gasteiger partial charge in [0.15, 0.2) is 0 Å². The first kappa shape index (κ1) is 14.8. The van der Waals surface area contributed by atoms with E-state index in [2.05, 4.69) is 18.8 Å². The summed E-state index contributed by atoms with van der Waals surface area (Å²) in [7, 11) is 0. The molecular formula is C16H18N2O3. The Morgan fingerprint density at radius 3 is 2.67 bits per heavy atom. The minimum Gasteiger partial charge on any atom is -0.477 e. The Bertz CT molecular complexity index is 681. The number of carboxylic acids is 1. The van der Waals surface area contributed by atoms with Crippen molar-refractivity contribution in [3.05, 3.63) is 47.2 Å². The SMILES string of the molecule is Cc1ccc(C(C)C)cc1Oc1ncc(N)cc1C(=O)O. The zero-order valence-electron chi connectivity index (χ0n) is 12.3. The second-order valence-electron chi connectivity index (χ2n) is 5.21. The van der Waals surface area contributed by atoms with Crippen LogP contribution in [0, 0.1) is 6.92 Å². The van der Waals surface area contributed by atoms with Gasteiger partial charge in [0.25, 0.3) is 0 Å². The van der Waals surface area contributed by atoms with Gasteiger partial charge in [0.05, 0.1) is 11.9 Å². The van der Waals surface area contributed by atoms with Gasteiger partial charge in [0, 0.05) is 0 Å². The molecule has 0 fully saturated rings. The van der Waals surface area contributed by atoms with Gasteiger partial charge in [0.1, 0.15) is 11.3 Å². The number of nitrogen functional groups attached to an aromatic ring is 1. The molecule has 1 heterocycles. The molecule has 0 saturated carbocycles. The Kier molecular flexibility index (Phi) is 4.12. The Balaban J connectivity index is 2.43. The number of ether oxygens (including phenoxy) is 1. The van der Waals surface area contributed by atoms with Crippen LogP contribution in [0.1, 0.15) is 41.3 Å². The zero-order valence-corrected chi connectivity index (χ0v) is 12.3. The van der Waals surface area contributed by atoms with Gasteiger partial charge in [-0.25, -0.2) is 9.78 Å². The minimum absolute atomic E-state index is 0.0423. The molecule has 1 aromatic heterocycles. The lowest BCUT2D eigenvalue weighted by Crippen LogP contribution is -2.04. The molecule has 0 bridgehead atoms. The number of carbonyl (C=O) groups is 1. The molecule has 0 atom stereocenters. The van der Waals surface area contributed by atoms with Crippen LogP contribution in [0.4, 0.5) is 5.69 Å². The highest BCUT2D eigenvalue weighted by Gasteiger charge is 2.15. The van der Waals surface area contributed by atoms with E-state index in [4.69, 9.17) is 10.5 Å². The van der Waals surface area contributed by atoms with Crippen LogP contribution in [-0.2, 0) is 0 Å². The standard InChI is InChI=1S/C16H18N2O3/c1-9(2)11-5-4-10(3)14(6-11)21-15-13(16(19)20)7-12(17)8-18-15/h4-9H,17H2,1-3H3,(H,19,20). The van der Waals surface area contributed by atoms with Crippen molar-refractivity contribution >= 4 is 11.7 Å². The number of hydrogen-bond acceptors (Lipinski definition) is 4. The fourth-order valence-corrected chi connectivity index (χ4v) is 1.89. The maximum atomic E-state index is 11.2. The number of pyridine rings is 1. The van der Waals surface area contributed by atoms with Gasteiger partial charge < -0.3 is 15.6 Å². The molecular weight excluding hydrogens is 268 g/mol. The number of carboxylic acid groups (broad SMARTS) is 1. The van der Waals surface area contributed by atoms with Gasteiger partial charge in [-0.3, -0.25) is 0 Å². The van der Waals surface area contributed by atoms with Gasteiger partial charge in [0.2, 0.25) is 5.88 Å². The lowest BCUT2D eigenvalue weighted by Gasteiger charge is -2.13. The normalized spacial score (nSPS) is 10.7. The molecule has 0 radical (unpaired) electrons. The number of aromatic carboxylic acids is 1. The molecule has 0 spiro atoms. The minimum atomic E-state index is -1.12. The number of anilines is 1. The number of hydrogen-bond donors (Lipinski definition) is 2. The van der Waals surface area contributed by atoms with Crippen LogP contribution in [0.3, 0.4) is 0 Å². The molecule has 1 aromatic carbocycles. The molecule has 0 amide bonds. The zero-order chi connectivity index (χ0) is 15.6. The lowest BCUT2D eigenvalue weighted by molar-refractivity contribution is 0.0693. The first-order chi connectivity index (χ1) is 9.88. The van der Waals surface area contributed by atoms with Crippen molar-refractivity contribution in [1.82, 2.24) is 4.98 Å². The fraction of sp³-hybridized carbons (Fsp3) is 0.250. The summed E-state index contributed by atoms with van der Waals surface area (Å²) in [6.07, 6.45) is 1.38. The summed E-state index contributed by atoms with van der Waals surface area (Å²) >= 11 is 0. The van der Waals surface area contributed by atoms with Gasteiger partial charge in [-0.2, -0.15) is 0 Å². The van der Waals surface area contributed by atoms with Gasteiger partial charge >= 0.3 is 5.97 Å². The second-order valence-corrected chi connectivity index (χ2v) is 5.21. The highest BCUT2D eigenvalue weighted by molar-refractivity contribution is 5.91. The molecule has 2 aromatic rings. The third kappa shape index (κ3) is 3.31. The van der Waals surface area contributed by atoms with Gasteiger partial charge in [-0.05, 0) is 36.1 Å². The molecule has 0 aliphatic heterocycles. The lowest BCUT2D eigenvalue weighted by atomic mass is 10.0. The quantitative estimate of drug-likeness (QED) is 0.897. The monoisotopic (exact) mass is 286 g/mol. The van der Waals surface area contributed by atoms with Crippen LogP contribution in [0.5, 0.6) is 11.6 Å². The van der Waals surface area contributed by atoms with Crippen molar-refractivity contribution in [3.63, 3.8) is 0 Å². The van der Waals surface area contributed by atoms with Crippen molar-refractivity contribution in [2.45, 2.75) is 26.7 Å². The molecule has 110 valence electrons.